The second-order valence-corrected chi connectivity index (χ2v) is 6.19. The van der Waals surface area contributed by atoms with E-state index in [0.29, 0.717) is 0 Å². The fraction of sp³-hybridized carbons (Fsp3) is 0.929. The molecule has 0 aromatic heterocycles. The topological polar surface area (TPSA) is 32.8 Å². The number of likely N-dealkylation sites (N-methyl/N-ethyl adjacent to an activating group) is 1. The van der Waals surface area contributed by atoms with Crippen molar-refractivity contribution >= 4 is 5.91 Å². The third-order valence-electron chi connectivity index (χ3n) is 3.99. The maximum absolute atomic E-state index is 11.9. The third kappa shape index (κ3) is 2.69. The summed E-state index contributed by atoms with van der Waals surface area (Å²) in [5.41, 5.74) is -0.0830. The first-order chi connectivity index (χ1) is 8.46. The molecule has 0 aromatic carbocycles. The summed E-state index contributed by atoms with van der Waals surface area (Å²) in [7, 11) is 0. The quantitative estimate of drug-likeness (QED) is 0.759. The summed E-state index contributed by atoms with van der Waals surface area (Å²) in [5.74, 6) is 0.894. The number of amides is 1. The normalized spacial score (nSPS) is 27.9. The Morgan fingerprint density at radius 3 is 2.61 bits per heavy atom. The van der Waals surface area contributed by atoms with E-state index in [1.807, 2.05) is 18.7 Å². The van der Waals surface area contributed by atoms with Gasteiger partial charge in [-0.25, -0.2) is 0 Å². The first kappa shape index (κ1) is 13.8. The summed E-state index contributed by atoms with van der Waals surface area (Å²) < 4.78 is 5.96. The number of likely N-dealkylation sites (tertiary alicyclic amines) is 1. The van der Waals surface area contributed by atoms with Crippen LogP contribution >= 0.6 is 0 Å². The number of carbonyl (C=O) groups excluding carboxylic acids is 1. The zero-order valence-electron chi connectivity index (χ0n) is 12.1. The smallest absolute Gasteiger partial charge is 0.251 e. The first-order valence-electron chi connectivity index (χ1n) is 7.15. The van der Waals surface area contributed by atoms with Crippen molar-refractivity contribution in [2.45, 2.75) is 45.8 Å². The zero-order chi connectivity index (χ0) is 13.3. The Bertz CT molecular complexity index is 311. The maximum Gasteiger partial charge on any atom is 0.251 e. The van der Waals surface area contributed by atoms with Gasteiger partial charge >= 0.3 is 0 Å². The predicted molar refractivity (Wildman–Crippen MR) is 71.4 cm³/mol. The maximum atomic E-state index is 11.9. The van der Waals surface area contributed by atoms with Crippen LogP contribution in [0.3, 0.4) is 0 Å². The number of carbonyl (C=O) groups is 1. The summed E-state index contributed by atoms with van der Waals surface area (Å²) >= 11 is 0. The Morgan fingerprint density at radius 1 is 1.39 bits per heavy atom. The average molecular weight is 254 g/mol. The van der Waals surface area contributed by atoms with Gasteiger partial charge in [-0.3, -0.25) is 9.69 Å². The van der Waals surface area contributed by atoms with Crippen molar-refractivity contribution in [2.24, 2.45) is 5.92 Å². The van der Waals surface area contributed by atoms with Crippen LogP contribution in [0.5, 0.6) is 0 Å². The Balaban J connectivity index is 1.86. The van der Waals surface area contributed by atoms with Gasteiger partial charge in [0.05, 0.1) is 6.54 Å². The molecule has 2 aliphatic rings. The highest BCUT2D eigenvalue weighted by atomic mass is 16.5. The van der Waals surface area contributed by atoms with Gasteiger partial charge in [0.2, 0.25) is 0 Å². The molecule has 4 heteroatoms. The van der Waals surface area contributed by atoms with Gasteiger partial charge in [-0.15, -0.1) is 0 Å². The lowest BCUT2D eigenvalue weighted by Crippen LogP contribution is -2.72. The predicted octanol–water partition coefficient (Wildman–Crippen LogP) is 1.35. The summed E-state index contributed by atoms with van der Waals surface area (Å²) in [4.78, 5) is 16.2. The Labute approximate surface area is 110 Å². The van der Waals surface area contributed by atoms with E-state index in [1.54, 1.807) is 0 Å². The summed E-state index contributed by atoms with van der Waals surface area (Å²) in [6, 6.07) is 0. The van der Waals surface area contributed by atoms with E-state index in [2.05, 4.69) is 18.7 Å². The van der Waals surface area contributed by atoms with E-state index in [-0.39, 0.29) is 17.6 Å². The van der Waals surface area contributed by atoms with Gasteiger partial charge < -0.3 is 9.64 Å². The van der Waals surface area contributed by atoms with Crippen LogP contribution in [0.2, 0.25) is 0 Å². The van der Waals surface area contributed by atoms with Crippen LogP contribution in [0.1, 0.15) is 34.1 Å². The van der Waals surface area contributed by atoms with E-state index in [1.165, 1.54) is 6.42 Å². The van der Waals surface area contributed by atoms with E-state index in [4.69, 9.17) is 4.74 Å². The number of morpholine rings is 1. The zero-order valence-corrected chi connectivity index (χ0v) is 12.1. The minimum atomic E-state index is -0.272. The number of hydrogen-bond acceptors (Lipinski definition) is 3. The highest BCUT2D eigenvalue weighted by molar-refractivity contribution is 5.81. The van der Waals surface area contributed by atoms with Crippen LogP contribution in [-0.2, 0) is 9.53 Å². The molecule has 1 amide bonds. The molecule has 2 aliphatic heterocycles. The molecule has 18 heavy (non-hydrogen) atoms. The van der Waals surface area contributed by atoms with Crippen LogP contribution in [0, 0.1) is 5.92 Å². The molecule has 0 aromatic rings. The van der Waals surface area contributed by atoms with Crippen molar-refractivity contribution in [1.82, 2.24) is 9.80 Å². The number of nitrogens with zero attached hydrogens (tertiary/aromatic N) is 2. The molecule has 2 rings (SSSR count). The van der Waals surface area contributed by atoms with E-state index < -0.39 is 0 Å². The van der Waals surface area contributed by atoms with Crippen LogP contribution in [0.15, 0.2) is 0 Å². The van der Waals surface area contributed by atoms with Crippen molar-refractivity contribution in [1.29, 1.82) is 0 Å². The van der Waals surface area contributed by atoms with Gasteiger partial charge in [-0.05, 0) is 32.7 Å². The van der Waals surface area contributed by atoms with Gasteiger partial charge in [0.15, 0.2) is 0 Å². The molecule has 2 saturated heterocycles. The van der Waals surface area contributed by atoms with Gasteiger partial charge in [0.1, 0.15) is 11.7 Å². The lowest BCUT2D eigenvalue weighted by molar-refractivity contribution is -0.214. The molecule has 2 heterocycles. The summed E-state index contributed by atoms with van der Waals surface area (Å²) in [6.45, 7) is 13.1. The SMILES string of the molecule is CCN1CC2(CN(CCC(C)C)C2)O[C@@H](C)C1=O. The fourth-order valence-corrected chi connectivity index (χ4v) is 2.96. The van der Waals surface area contributed by atoms with Gasteiger partial charge in [0, 0.05) is 19.6 Å². The van der Waals surface area contributed by atoms with Crippen LogP contribution in [0.4, 0.5) is 0 Å². The van der Waals surface area contributed by atoms with Crippen LogP contribution < -0.4 is 0 Å². The monoisotopic (exact) mass is 254 g/mol. The Morgan fingerprint density at radius 2 is 2.06 bits per heavy atom. The molecule has 104 valence electrons. The van der Waals surface area contributed by atoms with Gasteiger partial charge in [0.25, 0.3) is 5.91 Å². The Kier molecular flexibility index (Phi) is 3.97. The molecule has 0 aliphatic carbocycles. The van der Waals surface area contributed by atoms with Gasteiger partial charge in [-0.2, -0.15) is 0 Å². The second kappa shape index (κ2) is 5.17. The second-order valence-electron chi connectivity index (χ2n) is 6.19. The molecule has 0 N–H and O–H groups in total. The standard InChI is InChI=1S/C14H26N2O2/c1-5-16-10-14(18-12(4)13(16)17)8-15(9-14)7-6-11(2)3/h11-12H,5-10H2,1-4H3/t12-/m0/s1. The minimum Gasteiger partial charge on any atom is -0.358 e. The lowest BCUT2D eigenvalue weighted by atomic mass is 9.90. The number of rotatable bonds is 4. The summed E-state index contributed by atoms with van der Waals surface area (Å²) in [6.07, 6.45) is 0.966. The molecule has 0 unspecified atom stereocenters. The van der Waals surface area contributed by atoms with Crippen molar-refractivity contribution in [3.05, 3.63) is 0 Å². The highest BCUT2D eigenvalue weighted by Crippen LogP contribution is 2.32. The lowest BCUT2D eigenvalue weighted by Gasteiger charge is -2.55. The van der Waals surface area contributed by atoms with Crippen molar-refractivity contribution in [3.63, 3.8) is 0 Å². The van der Waals surface area contributed by atoms with Gasteiger partial charge in [-0.1, -0.05) is 13.8 Å². The van der Waals surface area contributed by atoms with Crippen LogP contribution in [-0.4, -0.2) is 60.1 Å². The van der Waals surface area contributed by atoms with Crippen molar-refractivity contribution in [3.8, 4) is 0 Å². The molecule has 0 saturated carbocycles. The van der Waals surface area contributed by atoms with E-state index >= 15 is 0 Å². The first-order valence-corrected chi connectivity index (χ1v) is 7.15. The van der Waals surface area contributed by atoms with E-state index in [9.17, 15) is 4.79 Å². The molecule has 1 spiro atoms. The summed E-state index contributed by atoms with van der Waals surface area (Å²) in [5, 5.41) is 0. The third-order valence-corrected chi connectivity index (χ3v) is 3.99. The number of ether oxygens (including phenoxy) is 1. The molecular formula is C14H26N2O2. The molecule has 0 radical (unpaired) electrons. The molecular weight excluding hydrogens is 228 g/mol. The minimum absolute atomic E-state index is 0.0830. The molecule has 0 bridgehead atoms. The van der Waals surface area contributed by atoms with Crippen molar-refractivity contribution in [2.75, 3.05) is 32.7 Å². The van der Waals surface area contributed by atoms with Crippen LogP contribution in [0.25, 0.3) is 0 Å². The number of hydrogen-bond donors (Lipinski definition) is 0. The largest absolute Gasteiger partial charge is 0.358 e. The fourth-order valence-electron chi connectivity index (χ4n) is 2.96. The Hall–Kier alpha value is -0.610. The highest BCUT2D eigenvalue weighted by Gasteiger charge is 2.50. The molecule has 2 fully saturated rings. The average Bonchev–Trinajstić information content (AvgIpc) is 2.27. The van der Waals surface area contributed by atoms with Crippen molar-refractivity contribution < 1.29 is 9.53 Å². The molecule has 4 nitrogen and oxygen atoms in total. The molecule has 1 atom stereocenters. The van der Waals surface area contributed by atoms with E-state index in [0.717, 1.165) is 38.6 Å².